The molecule has 1 amide bonds. The van der Waals surface area contributed by atoms with Crippen LogP contribution in [0.15, 0.2) is 71.5 Å². The summed E-state index contributed by atoms with van der Waals surface area (Å²) in [6.45, 7) is -0.719. The summed E-state index contributed by atoms with van der Waals surface area (Å²) in [5.74, 6) is -0.617. The van der Waals surface area contributed by atoms with Crippen molar-refractivity contribution in [3.8, 4) is 22.5 Å². The highest BCUT2D eigenvalue weighted by atomic mass is 35.5. The number of benzene rings is 3. The van der Waals surface area contributed by atoms with Crippen LogP contribution >= 0.6 is 23.2 Å². The third-order valence-electron chi connectivity index (χ3n) is 5.44. The maximum absolute atomic E-state index is 13.1. The van der Waals surface area contributed by atoms with E-state index in [2.05, 4.69) is 5.10 Å². The molecule has 3 aromatic carbocycles. The molecule has 0 saturated heterocycles. The molecule has 36 heavy (non-hydrogen) atoms. The molecule has 1 heterocycles. The van der Waals surface area contributed by atoms with E-state index >= 15 is 0 Å². The standard InChI is InChI=1S/C25H19Cl2F3N4O2/c26-19-7-5-16(6-8-19)23-32-34(24(36)33(23)10-9-25(28,29)30)14-15-11-17(13-18(12-15)22(31)35)20-3-1-2-4-21(20)27/h1-8,11-13H,9-10,14H2,(H2,31,35). The minimum absolute atomic E-state index is 0.0679. The Morgan fingerprint density at radius 2 is 1.67 bits per heavy atom. The Morgan fingerprint density at radius 3 is 2.31 bits per heavy atom. The van der Waals surface area contributed by atoms with Crippen molar-refractivity contribution in [3.05, 3.63) is 98.4 Å². The van der Waals surface area contributed by atoms with Crippen LogP contribution in [-0.4, -0.2) is 26.4 Å². The molecule has 4 rings (SSSR count). The first-order chi connectivity index (χ1) is 17.0. The number of hydrogen-bond donors (Lipinski definition) is 1. The zero-order valence-corrected chi connectivity index (χ0v) is 20.1. The first-order valence-corrected chi connectivity index (χ1v) is 11.5. The Morgan fingerprint density at radius 1 is 0.972 bits per heavy atom. The summed E-state index contributed by atoms with van der Waals surface area (Å²) < 4.78 is 40.9. The van der Waals surface area contributed by atoms with Gasteiger partial charge < -0.3 is 5.73 Å². The van der Waals surface area contributed by atoms with Gasteiger partial charge in [-0.25, -0.2) is 9.48 Å². The van der Waals surface area contributed by atoms with Gasteiger partial charge in [0.15, 0.2) is 5.82 Å². The summed E-state index contributed by atoms with van der Waals surface area (Å²) in [5.41, 5.74) is 7.13. The van der Waals surface area contributed by atoms with Crippen molar-refractivity contribution in [2.24, 2.45) is 5.73 Å². The van der Waals surface area contributed by atoms with E-state index in [-0.39, 0.29) is 17.9 Å². The lowest BCUT2D eigenvalue weighted by Crippen LogP contribution is -2.27. The quantitative estimate of drug-likeness (QED) is 0.326. The number of amides is 1. The molecule has 0 aliphatic rings. The molecule has 0 radical (unpaired) electrons. The van der Waals surface area contributed by atoms with Crippen molar-refractivity contribution in [2.45, 2.75) is 25.7 Å². The van der Waals surface area contributed by atoms with E-state index in [0.717, 1.165) is 9.25 Å². The molecular weight excluding hydrogens is 516 g/mol. The molecule has 0 unspecified atom stereocenters. The largest absolute Gasteiger partial charge is 0.390 e. The summed E-state index contributed by atoms with van der Waals surface area (Å²) >= 11 is 12.2. The number of nitrogens with two attached hydrogens (primary N) is 1. The van der Waals surface area contributed by atoms with Gasteiger partial charge in [0, 0.05) is 33.3 Å². The first-order valence-electron chi connectivity index (χ1n) is 10.7. The third kappa shape index (κ3) is 5.80. The van der Waals surface area contributed by atoms with Crippen molar-refractivity contribution in [2.75, 3.05) is 0 Å². The summed E-state index contributed by atoms with van der Waals surface area (Å²) in [7, 11) is 0. The van der Waals surface area contributed by atoms with Crippen LogP contribution in [0.5, 0.6) is 0 Å². The van der Waals surface area contributed by atoms with Crippen LogP contribution in [-0.2, 0) is 13.1 Å². The van der Waals surface area contributed by atoms with Gasteiger partial charge >= 0.3 is 11.9 Å². The van der Waals surface area contributed by atoms with Gasteiger partial charge in [-0.15, -0.1) is 5.10 Å². The molecule has 11 heteroatoms. The molecular formula is C25H19Cl2F3N4O2. The van der Waals surface area contributed by atoms with E-state index in [1.807, 2.05) is 0 Å². The Kier molecular flexibility index (Phi) is 7.23. The number of carbonyl (C=O) groups is 1. The zero-order valence-electron chi connectivity index (χ0n) is 18.6. The van der Waals surface area contributed by atoms with Gasteiger partial charge in [-0.05, 0) is 59.7 Å². The van der Waals surface area contributed by atoms with Gasteiger partial charge in [0.2, 0.25) is 5.91 Å². The Hall–Kier alpha value is -3.56. The van der Waals surface area contributed by atoms with Crippen LogP contribution in [0.2, 0.25) is 10.0 Å². The van der Waals surface area contributed by atoms with Gasteiger partial charge in [0.05, 0.1) is 13.0 Å². The number of halogens is 5. The molecule has 1 aromatic heterocycles. The van der Waals surface area contributed by atoms with Crippen LogP contribution in [0.25, 0.3) is 22.5 Å². The Labute approximate surface area is 213 Å². The van der Waals surface area contributed by atoms with Crippen molar-refractivity contribution >= 4 is 29.1 Å². The highest BCUT2D eigenvalue weighted by Gasteiger charge is 2.28. The summed E-state index contributed by atoms with van der Waals surface area (Å²) in [6, 6.07) is 18.1. The van der Waals surface area contributed by atoms with E-state index in [9.17, 15) is 22.8 Å². The van der Waals surface area contributed by atoms with Gasteiger partial charge in [0.25, 0.3) is 0 Å². The molecule has 6 nitrogen and oxygen atoms in total. The molecule has 0 aliphatic carbocycles. The zero-order chi connectivity index (χ0) is 26.0. The highest BCUT2D eigenvalue weighted by Crippen LogP contribution is 2.30. The van der Waals surface area contributed by atoms with Crippen LogP contribution in [0.1, 0.15) is 22.3 Å². The molecule has 0 saturated carbocycles. The summed E-state index contributed by atoms with van der Waals surface area (Å²) in [5, 5.41) is 5.19. The number of nitrogens with zero attached hydrogens (tertiary/aromatic N) is 3. The average Bonchev–Trinajstić information content (AvgIpc) is 3.12. The topological polar surface area (TPSA) is 82.9 Å². The number of rotatable bonds is 7. The summed E-state index contributed by atoms with van der Waals surface area (Å²) in [6.07, 6.45) is -5.66. The van der Waals surface area contributed by atoms with Crippen LogP contribution < -0.4 is 11.4 Å². The highest BCUT2D eigenvalue weighted by molar-refractivity contribution is 6.33. The normalized spacial score (nSPS) is 11.6. The predicted molar refractivity (Wildman–Crippen MR) is 132 cm³/mol. The van der Waals surface area contributed by atoms with Crippen LogP contribution in [0.3, 0.4) is 0 Å². The van der Waals surface area contributed by atoms with Crippen molar-refractivity contribution in [1.29, 1.82) is 0 Å². The molecule has 0 atom stereocenters. The van der Waals surface area contributed by atoms with E-state index in [4.69, 9.17) is 28.9 Å². The fraction of sp³-hybridized carbons (Fsp3) is 0.160. The second-order valence-corrected chi connectivity index (χ2v) is 8.89. The molecule has 2 N–H and O–H groups in total. The third-order valence-corrected chi connectivity index (χ3v) is 6.02. The lowest BCUT2D eigenvalue weighted by molar-refractivity contribution is -0.136. The number of hydrogen-bond acceptors (Lipinski definition) is 3. The van der Waals surface area contributed by atoms with E-state index in [0.29, 0.717) is 32.3 Å². The maximum Gasteiger partial charge on any atom is 0.390 e. The second kappa shape index (κ2) is 10.2. The monoisotopic (exact) mass is 534 g/mol. The van der Waals surface area contributed by atoms with Crippen LogP contribution in [0.4, 0.5) is 13.2 Å². The fourth-order valence-corrected chi connectivity index (χ4v) is 4.12. The predicted octanol–water partition coefficient (Wildman–Crippen LogP) is 5.79. The molecule has 0 spiro atoms. The Balaban J connectivity index is 1.79. The van der Waals surface area contributed by atoms with Gasteiger partial charge in [-0.1, -0.05) is 41.4 Å². The second-order valence-electron chi connectivity index (χ2n) is 8.05. The SMILES string of the molecule is NC(=O)c1cc(Cn2nc(-c3ccc(Cl)cc3)n(CCC(F)(F)F)c2=O)cc(-c2ccccc2Cl)c1. The minimum atomic E-state index is -4.46. The van der Waals surface area contributed by atoms with E-state index in [1.165, 1.54) is 6.07 Å². The minimum Gasteiger partial charge on any atom is -0.366 e. The van der Waals surface area contributed by atoms with Crippen molar-refractivity contribution in [3.63, 3.8) is 0 Å². The molecule has 186 valence electrons. The lowest BCUT2D eigenvalue weighted by atomic mass is 9.99. The molecule has 0 bridgehead atoms. The average molecular weight is 535 g/mol. The number of carbonyl (C=O) groups excluding carboxylic acids is 1. The lowest BCUT2D eigenvalue weighted by Gasteiger charge is -2.10. The maximum atomic E-state index is 13.1. The van der Waals surface area contributed by atoms with E-state index in [1.54, 1.807) is 60.7 Å². The van der Waals surface area contributed by atoms with Crippen molar-refractivity contribution < 1.29 is 18.0 Å². The summed E-state index contributed by atoms with van der Waals surface area (Å²) in [4.78, 5) is 25.1. The van der Waals surface area contributed by atoms with E-state index < -0.39 is 30.7 Å². The molecule has 0 fully saturated rings. The number of alkyl halides is 3. The van der Waals surface area contributed by atoms with Gasteiger partial charge in [-0.3, -0.25) is 9.36 Å². The smallest absolute Gasteiger partial charge is 0.366 e. The Bertz CT molecular complexity index is 1480. The number of aromatic nitrogens is 3. The number of primary amides is 1. The van der Waals surface area contributed by atoms with Gasteiger partial charge in [0.1, 0.15) is 0 Å². The fourth-order valence-electron chi connectivity index (χ4n) is 3.75. The first kappa shape index (κ1) is 25.5. The van der Waals surface area contributed by atoms with Crippen molar-refractivity contribution in [1.82, 2.24) is 14.3 Å². The molecule has 4 aromatic rings. The van der Waals surface area contributed by atoms with Crippen LogP contribution in [0, 0.1) is 0 Å². The molecule has 0 aliphatic heterocycles. The van der Waals surface area contributed by atoms with Gasteiger partial charge in [-0.2, -0.15) is 13.2 Å².